The second-order valence-electron chi connectivity index (χ2n) is 6.02. The number of aliphatic carboxylic acids is 1. The summed E-state index contributed by atoms with van der Waals surface area (Å²) in [6, 6.07) is 4.50. The highest BCUT2D eigenvalue weighted by atomic mass is 32.2. The highest BCUT2D eigenvalue weighted by Crippen LogP contribution is 2.25. The number of piperidine rings is 1. The van der Waals surface area contributed by atoms with Crippen LogP contribution in [0.5, 0.6) is 0 Å². The zero-order chi connectivity index (χ0) is 17.9. The van der Waals surface area contributed by atoms with Crippen LogP contribution in [0.3, 0.4) is 0 Å². The van der Waals surface area contributed by atoms with Crippen LogP contribution in [-0.4, -0.2) is 48.3 Å². The van der Waals surface area contributed by atoms with Gasteiger partial charge in [0.15, 0.2) is 0 Å². The molecular formula is C16H22N2O5S. The van der Waals surface area contributed by atoms with Crippen molar-refractivity contribution in [1.82, 2.24) is 9.62 Å². The summed E-state index contributed by atoms with van der Waals surface area (Å²) in [6.07, 6.45) is 2.71. The third-order valence-electron chi connectivity index (χ3n) is 4.18. The lowest BCUT2D eigenvalue weighted by Crippen LogP contribution is -2.42. The topological polar surface area (TPSA) is 104 Å². The van der Waals surface area contributed by atoms with E-state index < -0.39 is 27.9 Å². The Morgan fingerprint density at radius 3 is 2.42 bits per heavy atom. The van der Waals surface area contributed by atoms with Gasteiger partial charge in [-0.25, -0.2) is 8.42 Å². The summed E-state index contributed by atoms with van der Waals surface area (Å²) >= 11 is 0. The van der Waals surface area contributed by atoms with Crippen molar-refractivity contribution in [2.24, 2.45) is 0 Å². The van der Waals surface area contributed by atoms with Crippen molar-refractivity contribution in [3.63, 3.8) is 0 Å². The van der Waals surface area contributed by atoms with Crippen LogP contribution < -0.4 is 5.32 Å². The van der Waals surface area contributed by atoms with Gasteiger partial charge in [-0.05, 0) is 51.0 Å². The third kappa shape index (κ3) is 3.93. The van der Waals surface area contributed by atoms with E-state index in [0.29, 0.717) is 6.54 Å². The van der Waals surface area contributed by atoms with Crippen LogP contribution in [0.1, 0.15) is 43.5 Å². The molecule has 1 heterocycles. The Kier molecular flexibility index (Phi) is 5.61. The number of hydrogen-bond acceptors (Lipinski definition) is 4. The second kappa shape index (κ2) is 7.31. The number of amides is 1. The molecule has 1 fully saturated rings. The normalized spacial score (nSPS) is 20.3. The molecule has 24 heavy (non-hydrogen) atoms. The van der Waals surface area contributed by atoms with Crippen LogP contribution in [0.25, 0.3) is 0 Å². The van der Waals surface area contributed by atoms with E-state index in [1.54, 1.807) is 0 Å². The summed E-state index contributed by atoms with van der Waals surface area (Å²) in [4.78, 5) is 22.8. The van der Waals surface area contributed by atoms with Gasteiger partial charge in [-0.2, -0.15) is 4.31 Å². The number of carboxylic acids is 1. The first-order valence-electron chi connectivity index (χ1n) is 7.89. The van der Waals surface area contributed by atoms with E-state index in [4.69, 9.17) is 5.11 Å². The molecule has 1 saturated heterocycles. The fourth-order valence-electron chi connectivity index (χ4n) is 2.68. The summed E-state index contributed by atoms with van der Waals surface area (Å²) in [5.74, 6) is -1.69. The average molecular weight is 354 g/mol. The third-order valence-corrected chi connectivity index (χ3v) is 6.21. The number of carboxylic acid groups (broad SMARTS) is 1. The summed E-state index contributed by atoms with van der Waals surface area (Å²) in [5.41, 5.74) is 0.216. The number of benzene rings is 1. The summed E-state index contributed by atoms with van der Waals surface area (Å²) in [7, 11) is -3.58. The number of carbonyl (C=O) groups excluding carboxylic acids is 1. The Morgan fingerprint density at radius 2 is 1.88 bits per heavy atom. The van der Waals surface area contributed by atoms with E-state index in [-0.39, 0.29) is 16.5 Å². The standard InChI is InChI=1S/C16H22N2O5S/c1-11-5-3-4-10-18(11)24(22,23)14-8-6-13(7-9-14)15(19)17-12(2)16(20)21/h6-9,11-12H,3-5,10H2,1-2H3,(H,17,19)(H,20,21)/t11?,12-/m1/s1. The SMILES string of the molecule is CC1CCCCN1S(=O)(=O)c1ccc(C(=O)N[C@H](C)C(=O)O)cc1. The Morgan fingerprint density at radius 1 is 1.25 bits per heavy atom. The molecule has 1 aromatic rings. The van der Waals surface area contributed by atoms with Gasteiger partial charge in [-0.1, -0.05) is 6.42 Å². The first-order valence-corrected chi connectivity index (χ1v) is 9.33. The van der Waals surface area contributed by atoms with Gasteiger partial charge in [-0.15, -0.1) is 0 Å². The van der Waals surface area contributed by atoms with E-state index in [2.05, 4.69) is 5.32 Å². The first kappa shape index (κ1) is 18.4. The molecule has 2 rings (SSSR count). The largest absolute Gasteiger partial charge is 0.480 e. The van der Waals surface area contributed by atoms with Crippen LogP contribution in [-0.2, 0) is 14.8 Å². The molecule has 8 heteroatoms. The summed E-state index contributed by atoms with van der Waals surface area (Å²) in [5, 5.41) is 11.1. The molecule has 132 valence electrons. The molecule has 7 nitrogen and oxygen atoms in total. The van der Waals surface area contributed by atoms with Gasteiger partial charge < -0.3 is 10.4 Å². The number of nitrogens with zero attached hydrogens (tertiary/aromatic N) is 1. The number of hydrogen-bond donors (Lipinski definition) is 2. The molecule has 1 aliphatic heterocycles. The highest BCUT2D eigenvalue weighted by molar-refractivity contribution is 7.89. The molecule has 0 aromatic heterocycles. The molecular weight excluding hydrogens is 332 g/mol. The minimum atomic E-state index is -3.58. The molecule has 2 N–H and O–H groups in total. The Bertz CT molecular complexity index is 714. The van der Waals surface area contributed by atoms with Crippen LogP contribution in [0, 0.1) is 0 Å². The lowest BCUT2D eigenvalue weighted by molar-refractivity contribution is -0.138. The van der Waals surface area contributed by atoms with Crippen molar-refractivity contribution in [3.05, 3.63) is 29.8 Å². The van der Waals surface area contributed by atoms with E-state index >= 15 is 0 Å². The van der Waals surface area contributed by atoms with Crippen molar-refractivity contribution in [3.8, 4) is 0 Å². The van der Waals surface area contributed by atoms with E-state index in [0.717, 1.165) is 19.3 Å². The van der Waals surface area contributed by atoms with Gasteiger partial charge in [0.05, 0.1) is 4.90 Å². The fraction of sp³-hybridized carbons (Fsp3) is 0.500. The first-order chi connectivity index (χ1) is 11.2. The van der Waals surface area contributed by atoms with E-state index in [1.807, 2.05) is 6.92 Å². The van der Waals surface area contributed by atoms with Crippen molar-refractivity contribution in [2.45, 2.75) is 50.1 Å². The number of carbonyl (C=O) groups is 2. The van der Waals surface area contributed by atoms with Crippen LogP contribution in [0.4, 0.5) is 0 Å². The Hall–Kier alpha value is -1.93. The van der Waals surface area contributed by atoms with Crippen molar-refractivity contribution in [1.29, 1.82) is 0 Å². The summed E-state index contributed by atoms with van der Waals surface area (Å²) < 4.78 is 26.9. The van der Waals surface area contributed by atoms with E-state index in [1.165, 1.54) is 35.5 Å². The van der Waals surface area contributed by atoms with Gasteiger partial charge in [-0.3, -0.25) is 9.59 Å². The van der Waals surface area contributed by atoms with Gasteiger partial charge in [0.2, 0.25) is 10.0 Å². The maximum atomic E-state index is 12.7. The number of nitrogens with one attached hydrogen (secondary N) is 1. The number of sulfonamides is 1. The van der Waals surface area contributed by atoms with Crippen LogP contribution >= 0.6 is 0 Å². The monoisotopic (exact) mass is 354 g/mol. The molecule has 0 spiro atoms. The van der Waals surface area contributed by atoms with Gasteiger partial charge in [0.25, 0.3) is 5.91 Å². The quantitative estimate of drug-likeness (QED) is 0.833. The maximum Gasteiger partial charge on any atom is 0.325 e. The molecule has 1 aliphatic rings. The molecule has 0 radical (unpaired) electrons. The zero-order valence-electron chi connectivity index (χ0n) is 13.7. The smallest absolute Gasteiger partial charge is 0.325 e. The molecule has 2 atom stereocenters. The average Bonchev–Trinajstić information content (AvgIpc) is 2.55. The zero-order valence-corrected chi connectivity index (χ0v) is 14.5. The van der Waals surface area contributed by atoms with Crippen LogP contribution in [0.2, 0.25) is 0 Å². The second-order valence-corrected chi connectivity index (χ2v) is 7.91. The molecule has 1 aromatic carbocycles. The predicted octanol–water partition coefficient (Wildman–Crippen LogP) is 1.45. The summed E-state index contributed by atoms with van der Waals surface area (Å²) in [6.45, 7) is 3.75. The maximum absolute atomic E-state index is 12.7. The van der Waals surface area contributed by atoms with Crippen molar-refractivity contribution >= 4 is 21.9 Å². The minimum absolute atomic E-state index is 0.0388. The van der Waals surface area contributed by atoms with Gasteiger partial charge in [0, 0.05) is 18.2 Å². The molecule has 1 amide bonds. The molecule has 0 bridgehead atoms. The Balaban J connectivity index is 2.16. The number of rotatable bonds is 5. The lowest BCUT2D eigenvalue weighted by atomic mass is 10.1. The van der Waals surface area contributed by atoms with E-state index in [9.17, 15) is 18.0 Å². The van der Waals surface area contributed by atoms with Crippen molar-refractivity contribution in [2.75, 3.05) is 6.54 Å². The molecule has 1 unspecified atom stereocenters. The fourth-order valence-corrected chi connectivity index (χ4v) is 4.38. The van der Waals surface area contributed by atoms with Crippen molar-refractivity contribution < 1.29 is 23.1 Å². The van der Waals surface area contributed by atoms with Gasteiger partial charge in [0.1, 0.15) is 6.04 Å². The minimum Gasteiger partial charge on any atom is -0.480 e. The Labute approximate surface area is 141 Å². The highest BCUT2D eigenvalue weighted by Gasteiger charge is 2.31. The molecule has 0 aliphatic carbocycles. The van der Waals surface area contributed by atoms with Crippen LogP contribution in [0.15, 0.2) is 29.2 Å². The predicted molar refractivity (Wildman–Crippen MR) is 88.2 cm³/mol. The van der Waals surface area contributed by atoms with Gasteiger partial charge >= 0.3 is 5.97 Å². The lowest BCUT2D eigenvalue weighted by Gasteiger charge is -2.32. The molecule has 0 saturated carbocycles.